The molecule has 2 saturated carbocycles. The van der Waals surface area contributed by atoms with Gasteiger partial charge in [-0.1, -0.05) is 38.5 Å². The highest BCUT2D eigenvalue weighted by Gasteiger charge is 2.23. The van der Waals surface area contributed by atoms with E-state index >= 15 is 0 Å². The first-order chi connectivity index (χ1) is 8.75. The monoisotopic (exact) mass is 252 g/mol. The summed E-state index contributed by atoms with van der Waals surface area (Å²) in [5.41, 5.74) is 6.33. The molecule has 0 aliphatic heterocycles. The van der Waals surface area contributed by atoms with E-state index in [9.17, 15) is 0 Å². The average Bonchev–Trinajstić information content (AvgIpc) is 2.56. The molecule has 0 aromatic carbocycles. The van der Waals surface area contributed by atoms with Gasteiger partial charge in [-0.3, -0.25) is 0 Å². The lowest BCUT2D eigenvalue weighted by Gasteiger charge is -2.31. The fraction of sp³-hybridized carbons (Fsp3) is 1.00. The molecule has 2 heteroatoms. The molecule has 0 bridgehead atoms. The van der Waals surface area contributed by atoms with Crippen LogP contribution in [0.3, 0.4) is 0 Å². The second-order valence-corrected chi connectivity index (χ2v) is 6.79. The van der Waals surface area contributed by atoms with E-state index in [1.54, 1.807) is 0 Å². The van der Waals surface area contributed by atoms with Gasteiger partial charge in [-0.25, -0.2) is 0 Å². The third-order valence-corrected chi connectivity index (χ3v) is 5.06. The highest BCUT2D eigenvalue weighted by molar-refractivity contribution is 4.79. The van der Waals surface area contributed by atoms with Crippen LogP contribution in [0.1, 0.15) is 64.2 Å². The Morgan fingerprint density at radius 2 is 1.44 bits per heavy atom. The zero-order valence-corrected chi connectivity index (χ0v) is 12.2. The van der Waals surface area contributed by atoms with Crippen LogP contribution in [0.5, 0.6) is 0 Å². The third kappa shape index (κ3) is 4.55. The van der Waals surface area contributed by atoms with Gasteiger partial charge in [0.15, 0.2) is 0 Å². The van der Waals surface area contributed by atoms with Gasteiger partial charge in [-0.2, -0.15) is 0 Å². The molecule has 0 aromatic heterocycles. The van der Waals surface area contributed by atoms with E-state index in [2.05, 4.69) is 11.9 Å². The maximum atomic E-state index is 6.33. The molecule has 0 radical (unpaired) electrons. The predicted molar refractivity (Wildman–Crippen MR) is 78.6 cm³/mol. The number of nitrogens with zero attached hydrogens (tertiary/aromatic N) is 1. The summed E-state index contributed by atoms with van der Waals surface area (Å²) in [6.45, 7) is 2.54. The normalized spacial score (nSPS) is 31.5. The summed E-state index contributed by atoms with van der Waals surface area (Å²) < 4.78 is 0. The Balaban J connectivity index is 1.72. The second-order valence-electron chi connectivity index (χ2n) is 6.79. The number of hydrogen-bond acceptors (Lipinski definition) is 2. The Bertz CT molecular complexity index is 223. The SMILES string of the molecule is CN(CC1CCCCC1)CC1CCCCCC1N. The summed E-state index contributed by atoms with van der Waals surface area (Å²) >= 11 is 0. The van der Waals surface area contributed by atoms with E-state index in [1.807, 2.05) is 0 Å². The van der Waals surface area contributed by atoms with Gasteiger partial charge in [-0.05, 0) is 44.6 Å². The van der Waals surface area contributed by atoms with Crippen LogP contribution >= 0.6 is 0 Å². The van der Waals surface area contributed by atoms with Gasteiger partial charge in [0.25, 0.3) is 0 Å². The van der Waals surface area contributed by atoms with E-state index in [1.165, 1.54) is 77.3 Å². The molecule has 0 saturated heterocycles. The summed E-state index contributed by atoms with van der Waals surface area (Å²) in [4.78, 5) is 2.58. The van der Waals surface area contributed by atoms with Crippen molar-refractivity contribution in [3.05, 3.63) is 0 Å². The van der Waals surface area contributed by atoms with Crippen molar-refractivity contribution in [1.82, 2.24) is 4.90 Å². The van der Waals surface area contributed by atoms with Crippen LogP contribution in [0.2, 0.25) is 0 Å². The van der Waals surface area contributed by atoms with E-state index in [0.717, 1.165) is 11.8 Å². The van der Waals surface area contributed by atoms with Gasteiger partial charge in [0.05, 0.1) is 0 Å². The zero-order chi connectivity index (χ0) is 12.8. The molecule has 2 rings (SSSR count). The minimum atomic E-state index is 0.460. The maximum Gasteiger partial charge on any atom is 0.00793 e. The van der Waals surface area contributed by atoms with Crippen LogP contribution in [0, 0.1) is 11.8 Å². The number of hydrogen-bond donors (Lipinski definition) is 1. The Hall–Kier alpha value is -0.0800. The van der Waals surface area contributed by atoms with Gasteiger partial charge in [0.1, 0.15) is 0 Å². The lowest BCUT2D eigenvalue weighted by atomic mass is 9.88. The summed E-state index contributed by atoms with van der Waals surface area (Å²) in [6.07, 6.45) is 14.1. The van der Waals surface area contributed by atoms with Gasteiger partial charge in [0, 0.05) is 19.1 Å². The number of rotatable bonds is 4. The molecule has 2 fully saturated rings. The fourth-order valence-corrected chi connectivity index (χ4v) is 3.93. The molecular formula is C16H32N2. The first kappa shape index (κ1) is 14.3. The quantitative estimate of drug-likeness (QED) is 0.777. The highest BCUT2D eigenvalue weighted by Crippen LogP contribution is 2.26. The fourth-order valence-electron chi connectivity index (χ4n) is 3.93. The summed E-state index contributed by atoms with van der Waals surface area (Å²) in [5, 5.41) is 0. The van der Waals surface area contributed by atoms with E-state index in [0.29, 0.717) is 6.04 Å². The van der Waals surface area contributed by atoms with E-state index < -0.39 is 0 Å². The third-order valence-electron chi connectivity index (χ3n) is 5.06. The molecule has 2 unspecified atom stereocenters. The van der Waals surface area contributed by atoms with Crippen molar-refractivity contribution in [3.63, 3.8) is 0 Å². The van der Waals surface area contributed by atoms with Crippen molar-refractivity contribution >= 4 is 0 Å². The largest absolute Gasteiger partial charge is 0.327 e. The molecule has 0 aromatic rings. The van der Waals surface area contributed by atoms with Crippen LogP contribution in [-0.4, -0.2) is 31.1 Å². The molecule has 106 valence electrons. The Morgan fingerprint density at radius 1 is 0.833 bits per heavy atom. The minimum Gasteiger partial charge on any atom is -0.327 e. The zero-order valence-electron chi connectivity index (χ0n) is 12.2. The van der Waals surface area contributed by atoms with Gasteiger partial charge >= 0.3 is 0 Å². The first-order valence-corrected chi connectivity index (χ1v) is 8.20. The van der Waals surface area contributed by atoms with Crippen LogP contribution in [0.15, 0.2) is 0 Å². The second kappa shape index (κ2) is 7.49. The van der Waals surface area contributed by atoms with Crippen molar-refractivity contribution in [2.45, 2.75) is 70.3 Å². The van der Waals surface area contributed by atoms with Crippen LogP contribution < -0.4 is 5.73 Å². The summed E-state index contributed by atoms with van der Waals surface area (Å²) in [5.74, 6) is 1.71. The number of nitrogens with two attached hydrogens (primary N) is 1. The van der Waals surface area contributed by atoms with Crippen molar-refractivity contribution in [2.24, 2.45) is 17.6 Å². The molecule has 2 aliphatic carbocycles. The highest BCUT2D eigenvalue weighted by atomic mass is 15.1. The molecular weight excluding hydrogens is 220 g/mol. The summed E-state index contributed by atoms with van der Waals surface area (Å²) in [6, 6.07) is 0.460. The van der Waals surface area contributed by atoms with Crippen LogP contribution in [0.25, 0.3) is 0 Å². The molecule has 0 spiro atoms. The smallest absolute Gasteiger partial charge is 0.00793 e. The van der Waals surface area contributed by atoms with Crippen molar-refractivity contribution in [1.29, 1.82) is 0 Å². The lowest BCUT2D eigenvalue weighted by Crippen LogP contribution is -2.39. The predicted octanol–water partition coefficient (Wildman–Crippen LogP) is 3.41. The van der Waals surface area contributed by atoms with Gasteiger partial charge in [-0.15, -0.1) is 0 Å². The van der Waals surface area contributed by atoms with E-state index in [-0.39, 0.29) is 0 Å². The molecule has 0 amide bonds. The standard InChI is InChI=1S/C16H32N2/c1-18(12-14-8-4-2-5-9-14)13-15-10-6-3-7-11-16(15)17/h14-16H,2-13,17H2,1H3. The molecule has 2 atom stereocenters. The van der Waals surface area contributed by atoms with E-state index in [4.69, 9.17) is 5.73 Å². The van der Waals surface area contributed by atoms with Gasteiger partial charge in [0.2, 0.25) is 0 Å². The summed E-state index contributed by atoms with van der Waals surface area (Å²) in [7, 11) is 2.31. The average molecular weight is 252 g/mol. The molecule has 2 N–H and O–H groups in total. The van der Waals surface area contributed by atoms with Crippen molar-refractivity contribution < 1.29 is 0 Å². The van der Waals surface area contributed by atoms with Crippen LogP contribution in [0.4, 0.5) is 0 Å². The molecule has 2 aliphatic rings. The van der Waals surface area contributed by atoms with Crippen molar-refractivity contribution in [3.8, 4) is 0 Å². The Labute approximate surface area is 113 Å². The Morgan fingerprint density at radius 3 is 2.17 bits per heavy atom. The van der Waals surface area contributed by atoms with Gasteiger partial charge < -0.3 is 10.6 Å². The Kier molecular flexibility index (Phi) is 5.97. The minimum absolute atomic E-state index is 0.460. The maximum absolute atomic E-state index is 6.33. The molecule has 0 heterocycles. The lowest BCUT2D eigenvalue weighted by molar-refractivity contribution is 0.192. The topological polar surface area (TPSA) is 29.3 Å². The van der Waals surface area contributed by atoms with Crippen molar-refractivity contribution in [2.75, 3.05) is 20.1 Å². The molecule has 2 nitrogen and oxygen atoms in total. The molecule has 18 heavy (non-hydrogen) atoms. The first-order valence-electron chi connectivity index (χ1n) is 8.20. The van der Waals surface area contributed by atoms with Crippen LogP contribution in [-0.2, 0) is 0 Å².